The van der Waals surface area contributed by atoms with E-state index in [0.717, 1.165) is 50.2 Å². The van der Waals surface area contributed by atoms with Crippen LogP contribution < -0.4 is 5.32 Å². The van der Waals surface area contributed by atoms with Gasteiger partial charge < -0.3 is 5.32 Å². The van der Waals surface area contributed by atoms with Crippen LogP contribution in [0.3, 0.4) is 0 Å². The van der Waals surface area contributed by atoms with Gasteiger partial charge in [0.15, 0.2) is 17.5 Å². The predicted molar refractivity (Wildman–Crippen MR) is 77.4 cm³/mol. The molecule has 0 amide bonds. The molecule has 1 aromatic carbocycles. The molecule has 0 spiro atoms. The number of likely N-dealkylation sites (tertiary alicyclic amines) is 1. The molecule has 1 aromatic rings. The molecule has 0 radical (unpaired) electrons. The quantitative estimate of drug-likeness (QED) is 0.663. The Bertz CT molecular complexity index is 485. The minimum atomic E-state index is -1.41. The maximum atomic E-state index is 13.1. The maximum absolute atomic E-state index is 13.1. The van der Waals surface area contributed by atoms with Gasteiger partial charge >= 0.3 is 0 Å². The molecule has 0 bridgehead atoms. The Hall–Kier alpha value is -1.33. The first-order chi connectivity index (χ1) is 9.95. The van der Waals surface area contributed by atoms with Gasteiger partial charge in [-0.1, -0.05) is 12.2 Å². The zero-order valence-electron chi connectivity index (χ0n) is 12.3. The molecular weight excluding hydrogens is 277 g/mol. The van der Waals surface area contributed by atoms with Crippen molar-refractivity contribution in [2.24, 2.45) is 0 Å². The summed E-state index contributed by atoms with van der Waals surface area (Å²) in [5, 5.41) is 3.28. The third-order valence-electron chi connectivity index (χ3n) is 3.72. The SMILES string of the molecule is C=C(C)CN1CCC(NCc2cc(F)c(F)c(F)c2)CC1. The molecule has 1 aliphatic rings. The van der Waals surface area contributed by atoms with Crippen molar-refractivity contribution in [3.8, 4) is 0 Å². The van der Waals surface area contributed by atoms with E-state index < -0.39 is 17.5 Å². The Morgan fingerprint density at radius 1 is 1.24 bits per heavy atom. The van der Waals surface area contributed by atoms with Crippen molar-refractivity contribution in [1.82, 2.24) is 10.2 Å². The van der Waals surface area contributed by atoms with Gasteiger partial charge in [-0.05, 0) is 50.6 Å². The molecule has 0 aliphatic carbocycles. The van der Waals surface area contributed by atoms with Crippen LogP contribution in [0.15, 0.2) is 24.3 Å². The highest BCUT2D eigenvalue weighted by Crippen LogP contribution is 2.15. The van der Waals surface area contributed by atoms with E-state index in [9.17, 15) is 13.2 Å². The van der Waals surface area contributed by atoms with Gasteiger partial charge in [0, 0.05) is 19.1 Å². The zero-order chi connectivity index (χ0) is 15.4. The number of piperidine rings is 1. The molecule has 0 unspecified atom stereocenters. The molecule has 116 valence electrons. The van der Waals surface area contributed by atoms with Crippen molar-refractivity contribution >= 4 is 0 Å². The molecule has 1 aliphatic heterocycles. The van der Waals surface area contributed by atoms with Crippen molar-refractivity contribution in [2.75, 3.05) is 19.6 Å². The fourth-order valence-corrected chi connectivity index (χ4v) is 2.65. The summed E-state index contributed by atoms with van der Waals surface area (Å²) in [6.45, 7) is 9.15. The topological polar surface area (TPSA) is 15.3 Å². The average molecular weight is 298 g/mol. The van der Waals surface area contributed by atoms with Gasteiger partial charge in [-0.15, -0.1) is 0 Å². The minimum Gasteiger partial charge on any atom is -0.310 e. The molecule has 21 heavy (non-hydrogen) atoms. The second kappa shape index (κ2) is 7.09. The molecule has 1 fully saturated rings. The van der Waals surface area contributed by atoms with Crippen LogP contribution in [0.2, 0.25) is 0 Å². The minimum absolute atomic E-state index is 0.322. The molecule has 0 atom stereocenters. The lowest BCUT2D eigenvalue weighted by Gasteiger charge is -2.32. The Labute approximate surface area is 123 Å². The number of rotatable bonds is 5. The Kier molecular flexibility index (Phi) is 5.42. The summed E-state index contributed by atoms with van der Waals surface area (Å²) in [5.74, 6) is -3.68. The van der Waals surface area contributed by atoms with Crippen molar-refractivity contribution in [1.29, 1.82) is 0 Å². The summed E-state index contributed by atoms with van der Waals surface area (Å²) in [4.78, 5) is 2.34. The van der Waals surface area contributed by atoms with Gasteiger partial charge in [0.2, 0.25) is 0 Å². The number of nitrogens with one attached hydrogen (secondary N) is 1. The van der Waals surface area contributed by atoms with Crippen LogP contribution >= 0.6 is 0 Å². The molecule has 2 nitrogen and oxygen atoms in total. The van der Waals surface area contributed by atoms with Crippen molar-refractivity contribution in [3.05, 3.63) is 47.3 Å². The molecule has 1 N–H and O–H groups in total. The largest absolute Gasteiger partial charge is 0.310 e. The monoisotopic (exact) mass is 298 g/mol. The molecule has 1 heterocycles. The number of nitrogens with zero attached hydrogens (tertiary/aromatic N) is 1. The van der Waals surface area contributed by atoms with Crippen LogP contribution in [0.4, 0.5) is 13.2 Å². The van der Waals surface area contributed by atoms with E-state index in [1.54, 1.807) is 0 Å². The summed E-state index contributed by atoms with van der Waals surface area (Å²) < 4.78 is 39.1. The van der Waals surface area contributed by atoms with Gasteiger partial charge in [0.05, 0.1) is 0 Å². The number of hydrogen-bond acceptors (Lipinski definition) is 2. The zero-order valence-corrected chi connectivity index (χ0v) is 12.3. The maximum Gasteiger partial charge on any atom is 0.194 e. The third kappa shape index (κ3) is 4.58. The predicted octanol–water partition coefficient (Wildman–Crippen LogP) is 3.23. The molecule has 0 saturated carbocycles. The second-order valence-corrected chi connectivity index (χ2v) is 5.76. The van der Waals surface area contributed by atoms with Gasteiger partial charge in [-0.3, -0.25) is 4.90 Å². The highest BCUT2D eigenvalue weighted by molar-refractivity contribution is 5.19. The van der Waals surface area contributed by atoms with Crippen LogP contribution in [0.1, 0.15) is 25.3 Å². The summed E-state index contributed by atoms with van der Waals surface area (Å²) in [5.41, 5.74) is 1.58. The van der Waals surface area contributed by atoms with Gasteiger partial charge in [-0.2, -0.15) is 0 Å². The van der Waals surface area contributed by atoms with Crippen LogP contribution in [-0.4, -0.2) is 30.6 Å². The van der Waals surface area contributed by atoms with Crippen molar-refractivity contribution in [3.63, 3.8) is 0 Å². The highest BCUT2D eigenvalue weighted by atomic mass is 19.2. The van der Waals surface area contributed by atoms with E-state index in [1.165, 1.54) is 0 Å². The Morgan fingerprint density at radius 3 is 2.33 bits per heavy atom. The van der Waals surface area contributed by atoms with E-state index in [0.29, 0.717) is 18.2 Å². The molecule has 1 saturated heterocycles. The lowest BCUT2D eigenvalue weighted by atomic mass is 10.0. The van der Waals surface area contributed by atoms with E-state index in [-0.39, 0.29) is 0 Å². The summed E-state index contributed by atoms with van der Waals surface area (Å²) in [6, 6.07) is 2.41. The van der Waals surface area contributed by atoms with Crippen LogP contribution in [0.5, 0.6) is 0 Å². The van der Waals surface area contributed by atoms with Crippen LogP contribution in [-0.2, 0) is 6.54 Å². The van der Waals surface area contributed by atoms with Crippen molar-refractivity contribution in [2.45, 2.75) is 32.4 Å². The van der Waals surface area contributed by atoms with Gasteiger partial charge in [0.25, 0.3) is 0 Å². The number of benzene rings is 1. The molecular formula is C16H21F3N2. The average Bonchev–Trinajstić information content (AvgIpc) is 2.43. The standard InChI is InChI=1S/C16H21F3N2/c1-11(2)10-21-5-3-13(4-6-21)20-9-12-7-14(17)16(19)15(18)8-12/h7-8,13,20H,1,3-6,9-10H2,2H3. The first kappa shape index (κ1) is 16.0. The number of hydrogen-bond donors (Lipinski definition) is 1. The van der Waals surface area contributed by atoms with Crippen LogP contribution in [0.25, 0.3) is 0 Å². The molecule has 0 aromatic heterocycles. The van der Waals surface area contributed by atoms with Crippen molar-refractivity contribution < 1.29 is 13.2 Å². The van der Waals surface area contributed by atoms with E-state index in [2.05, 4.69) is 16.8 Å². The first-order valence-corrected chi connectivity index (χ1v) is 7.19. The smallest absolute Gasteiger partial charge is 0.194 e. The fourth-order valence-electron chi connectivity index (χ4n) is 2.65. The third-order valence-corrected chi connectivity index (χ3v) is 3.72. The number of halogens is 3. The lowest BCUT2D eigenvalue weighted by molar-refractivity contribution is 0.211. The second-order valence-electron chi connectivity index (χ2n) is 5.76. The fraction of sp³-hybridized carbons (Fsp3) is 0.500. The normalized spacial score (nSPS) is 17.1. The summed E-state index contributed by atoms with van der Waals surface area (Å²) in [6.07, 6.45) is 1.97. The van der Waals surface area contributed by atoms with Gasteiger partial charge in [-0.25, -0.2) is 13.2 Å². The summed E-state index contributed by atoms with van der Waals surface area (Å²) >= 11 is 0. The highest BCUT2D eigenvalue weighted by Gasteiger charge is 2.19. The Morgan fingerprint density at radius 2 is 1.81 bits per heavy atom. The molecule has 2 rings (SSSR count). The lowest BCUT2D eigenvalue weighted by Crippen LogP contribution is -2.42. The summed E-state index contributed by atoms with van der Waals surface area (Å²) in [7, 11) is 0. The van der Waals surface area contributed by atoms with Crippen LogP contribution in [0, 0.1) is 17.5 Å². The molecule has 5 heteroatoms. The Balaban J connectivity index is 1.81. The van der Waals surface area contributed by atoms with Gasteiger partial charge in [0.1, 0.15) is 0 Å². The van der Waals surface area contributed by atoms with E-state index >= 15 is 0 Å². The van der Waals surface area contributed by atoms with E-state index in [4.69, 9.17) is 0 Å². The van der Waals surface area contributed by atoms with E-state index in [1.807, 2.05) is 6.92 Å². The first-order valence-electron chi connectivity index (χ1n) is 7.19.